The smallest absolute Gasteiger partial charge is 0.0863 e. The molecule has 82 valence electrons. The lowest BCUT2D eigenvalue weighted by molar-refractivity contribution is 0.652. The number of fused-ring (bicyclic) bond motifs is 1. The summed E-state index contributed by atoms with van der Waals surface area (Å²) in [5.41, 5.74) is 9.91. The molecular weight excluding hydrogens is 200 g/mol. The van der Waals surface area contributed by atoms with Crippen LogP contribution < -0.4 is 5.73 Å². The molecule has 0 fully saturated rings. The molecule has 4 nitrogen and oxygen atoms in total. The van der Waals surface area contributed by atoms with Crippen LogP contribution in [0.3, 0.4) is 0 Å². The van der Waals surface area contributed by atoms with Gasteiger partial charge in [-0.25, -0.2) is 4.68 Å². The van der Waals surface area contributed by atoms with Gasteiger partial charge in [0.15, 0.2) is 0 Å². The lowest BCUT2D eigenvalue weighted by Gasteiger charge is -2.11. The van der Waals surface area contributed by atoms with E-state index in [2.05, 4.69) is 10.3 Å². The minimum absolute atomic E-state index is 0.776. The van der Waals surface area contributed by atoms with Gasteiger partial charge in [-0.15, -0.1) is 5.10 Å². The van der Waals surface area contributed by atoms with Gasteiger partial charge in [0.2, 0.25) is 0 Å². The Hall–Kier alpha value is -1.84. The Kier molecular flexibility index (Phi) is 2.13. The maximum atomic E-state index is 5.67. The van der Waals surface area contributed by atoms with E-state index in [1.807, 2.05) is 28.9 Å². The zero-order valence-corrected chi connectivity index (χ0v) is 9.06. The van der Waals surface area contributed by atoms with Crippen LogP contribution in [0.1, 0.15) is 24.2 Å². The van der Waals surface area contributed by atoms with Gasteiger partial charge in [-0.1, -0.05) is 5.21 Å². The molecule has 0 atom stereocenters. The molecule has 0 aliphatic heterocycles. The molecule has 0 bridgehead atoms. The van der Waals surface area contributed by atoms with Crippen LogP contribution in [0.4, 0.5) is 5.69 Å². The molecule has 0 spiro atoms. The molecule has 1 aliphatic carbocycles. The second-order valence-corrected chi connectivity index (χ2v) is 4.19. The van der Waals surface area contributed by atoms with Gasteiger partial charge in [-0.2, -0.15) is 0 Å². The van der Waals surface area contributed by atoms with Gasteiger partial charge in [0.1, 0.15) is 0 Å². The normalized spacial score (nSPS) is 14.8. The number of nitrogens with two attached hydrogens (primary N) is 1. The van der Waals surface area contributed by atoms with Crippen LogP contribution in [0.15, 0.2) is 24.3 Å². The average molecular weight is 214 g/mol. The van der Waals surface area contributed by atoms with Crippen molar-refractivity contribution in [3.63, 3.8) is 0 Å². The van der Waals surface area contributed by atoms with Crippen molar-refractivity contribution in [2.45, 2.75) is 25.7 Å². The predicted molar refractivity (Wildman–Crippen MR) is 62.4 cm³/mol. The van der Waals surface area contributed by atoms with Crippen LogP contribution in [0, 0.1) is 0 Å². The third kappa shape index (κ3) is 1.46. The van der Waals surface area contributed by atoms with Crippen molar-refractivity contribution >= 4 is 5.69 Å². The third-order valence-corrected chi connectivity index (χ3v) is 3.06. The fraction of sp³-hybridized carbons (Fsp3) is 0.333. The molecule has 1 aliphatic rings. The summed E-state index contributed by atoms with van der Waals surface area (Å²) in [7, 11) is 0. The van der Waals surface area contributed by atoms with E-state index in [9.17, 15) is 0 Å². The van der Waals surface area contributed by atoms with Crippen LogP contribution in [-0.4, -0.2) is 15.0 Å². The maximum Gasteiger partial charge on any atom is 0.0863 e. The average Bonchev–Trinajstić information content (AvgIpc) is 2.74. The first-order valence-corrected chi connectivity index (χ1v) is 5.64. The van der Waals surface area contributed by atoms with Gasteiger partial charge in [-0.05, 0) is 49.9 Å². The number of benzene rings is 1. The van der Waals surface area contributed by atoms with Crippen LogP contribution in [0.25, 0.3) is 5.69 Å². The Balaban J connectivity index is 2.06. The highest BCUT2D eigenvalue weighted by molar-refractivity contribution is 5.45. The number of anilines is 1. The number of hydrogen-bond donors (Lipinski definition) is 1. The number of aryl methyl sites for hydroxylation is 1. The van der Waals surface area contributed by atoms with Crippen molar-refractivity contribution in [3.05, 3.63) is 35.7 Å². The summed E-state index contributed by atoms with van der Waals surface area (Å²) in [6, 6.07) is 7.76. The first-order chi connectivity index (χ1) is 7.84. The quantitative estimate of drug-likeness (QED) is 0.735. The Bertz CT molecular complexity index is 498. The van der Waals surface area contributed by atoms with Gasteiger partial charge < -0.3 is 5.73 Å². The van der Waals surface area contributed by atoms with Crippen molar-refractivity contribution in [3.8, 4) is 5.69 Å². The minimum atomic E-state index is 0.776. The molecule has 3 rings (SSSR count). The highest BCUT2D eigenvalue weighted by atomic mass is 15.4. The summed E-state index contributed by atoms with van der Waals surface area (Å²) >= 11 is 0. The molecule has 0 saturated carbocycles. The summed E-state index contributed by atoms with van der Waals surface area (Å²) < 4.78 is 1.94. The Morgan fingerprint density at radius 1 is 1.06 bits per heavy atom. The summed E-state index contributed by atoms with van der Waals surface area (Å²) in [6.07, 6.45) is 4.60. The Morgan fingerprint density at radius 2 is 1.81 bits per heavy atom. The van der Waals surface area contributed by atoms with E-state index in [0.29, 0.717) is 0 Å². The van der Waals surface area contributed by atoms with Crippen molar-refractivity contribution in [1.82, 2.24) is 15.0 Å². The minimum Gasteiger partial charge on any atom is -0.399 e. The summed E-state index contributed by atoms with van der Waals surface area (Å²) in [4.78, 5) is 0. The molecule has 0 saturated heterocycles. The monoisotopic (exact) mass is 214 g/mol. The fourth-order valence-corrected chi connectivity index (χ4v) is 2.19. The summed E-state index contributed by atoms with van der Waals surface area (Å²) in [5, 5.41) is 8.46. The van der Waals surface area contributed by atoms with Crippen LogP contribution in [0.2, 0.25) is 0 Å². The number of nitrogens with zero attached hydrogens (tertiary/aromatic N) is 3. The van der Waals surface area contributed by atoms with E-state index in [0.717, 1.165) is 29.9 Å². The van der Waals surface area contributed by atoms with Crippen LogP contribution in [-0.2, 0) is 12.8 Å². The van der Waals surface area contributed by atoms with E-state index in [1.54, 1.807) is 0 Å². The van der Waals surface area contributed by atoms with Crippen molar-refractivity contribution in [2.75, 3.05) is 5.73 Å². The number of rotatable bonds is 1. The molecule has 0 amide bonds. The molecule has 2 N–H and O–H groups in total. The van der Waals surface area contributed by atoms with Gasteiger partial charge in [-0.3, -0.25) is 0 Å². The van der Waals surface area contributed by atoms with Gasteiger partial charge in [0.25, 0.3) is 0 Å². The fourth-order valence-electron chi connectivity index (χ4n) is 2.19. The Labute approximate surface area is 94.1 Å². The standard InChI is InChI=1S/C12H14N4/c13-9-5-7-10(8-6-9)16-12-4-2-1-3-11(12)14-15-16/h5-8H,1-4,13H2. The topological polar surface area (TPSA) is 56.7 Å². The largest absolute Gasteiger partial charge is 0.399 e. The second kappa shape index (κ2) is 3.63. The van der Waals surface area contributed by atoms with Gasteiger partial charge >= 0.3 is 0 Å². The zero-order chi connectivity index (χ0) is 11.0. The maximum absolute atomic E-state index is 5.67. The van der Waals surface area contributed by atoms with Crippen LogP contribution >= 0.6 is 0 Å². The molecule has 16 heavy (non-hydrogen) atoms. The summed E-state index contributed by atoms with van der Waals surface area (Å²) in [6.45, 7) is 0. The SMILES string of the molecule is Nc1ccc(-n2nnc3c2CCCC3)cc1. The molecule has 4 heteroatoms. The van der Waals surface area contributed by atoms with Crippen LogP contribution in [0.5, 0.6) is 0 Å². The Morgan fingerprint density at radius 3 is 2.62 bits per heavy atom. The predicted octanol–water partition coefficient (Wildman–Crippen LogP) is 1.73. The zero-order valence-electron chi connectivity index (χ0n) is 9.06. The summed E-state index contributed by atoms with van der Waals surface area (Å²) in [5.74, 6) is 0. The first kappa shape index (κ1) is 9.39. The molecular formula is C12H14N4. The van der Waals surface area contributed by atoms with E-state index >= 15 is 0 Å². The molecule has 1 heterocycles. The highest BCUT2D eigenvalue weighted by Crippen LogP contribution is 2.21. The van der Waals surface area contributed by atoms with Gasteiger partial charge in [0, 0.05) is 5.69 Å². The second-order valence-electron chi connectivity index (χ2n) is 4.19. The molecule has 1 aromatic heterocycles. The molecule has 0 unspecified atom stereocenters. The lowest BCUT2D eigenvalue weighted by atomic mass is 10.0. The highest BCUT2D eigenvalue weighted by Gasteiger charge is 2.17. The van der Waals surface area contributed by atoms with Crippen molar-refractivity contribution in [1.29, 1.82) is 0 Å². The lowest BCUT2D eigenvalue weighted by Crippen LogP contribution is -2.07. The van der Waals surface area contributed by atoms with E-state index < -0.39 is 0 Å². The third-order valence-electron chi connectivity index (χ3n) is 3.06. The van der Waals surface area contributed by atoms with Crippen molar-refractivity contribution in [2.24, 2.45) is 0 Å². The van der Waals surface area contributed by atoms with E-state index in [-0.39, 0.29) is 0 Å². The number of hydrogen-bond acceptors (Lipinski definition) is 3. The molecule has 0 radical (unpaired) electrons. The molecule has 2 aromatic rings. The molecule has 1 aromatic carbocycles. The van der Waals surface area contributed by atoms with E-state index in [4.69, 9.17) is 5.73 Å². The number of aromatic nitrogens is 3. The van der Waals surface area contributed by atoms with Gasteiger partial charge in [0.05, 0.1) is 17.1 Å². The number of nitrogen functional groups attached to an aromatic ring is 1. The van der Waals surface area contributed by atoms with Crippen molar-refractivity contribution < 1.29 is 0 Å². The van der Waals surface area contributed by atoms with E-state index in [1.165, 1.54) is 18.5 Å². The first-order valence-electron chi connectivity index (χ1n) is 5.64.